The molecule has 1 aliphatic heterocycles. The van der Waals surface area contributed by atoms with Crippen LogP contribution in [0.5, 0.6) is 23.0 Å². The Labute approximate surface area is 920 Å². The molecule has 2 aromatic heterocycles. The molecular formula is C103H113B2N9NaO16S3Y3-3. The Balaban J connectivity index is 0.00000172. The predicted molar refractivity (Wildman–Crippen MR) is 531 cm³/mol. The number of rotatable bonds is 30. The molecule has 0 spiro atoms. The van der Waals surface area contributed by atoms with Gasteiger partial charge < -0.3 is 74.7 Å². The number of non-ortho nitro benzene ring substituents is 1. The smallest absolute Gasteiger partial charge is 1.00 e. The van der Waals surface area contributed by atoms with Crippen LogP contribution < -0.4 is 48.5 Å². The van der Waals surface area contributed by atoms with Crippen LogP contribution in [0.1, 0.15) is 133 Å². The fourth-order valence-corrected chi connectivity index (χ4v) is 15.5. The molecule has 14 rings (SSSR count). The van der Waals surface area contributed by atoms with Gasteiger partial charge in [-0.2, -0.15) is 41.7 Å². The predicted octanol–water partition coefficient (Wildman–Crippen LogP) is 15.4. The Morgan fingerprint density at radius 2 is 1.08 bits per heavy atom. The zero-order valence-corrected chi connectivity index (χ0v) is 91.4. The number of aliphatic hydroxyl groups excluding tert-OH is 3. The number of nitro benzene ring substituents is 1. The van der Waals surface area contributed by atoms with Gasteiger partial charge in [-0.25, -0.2) is 14.8 Å². The SMILES string of the molecule is C.CC(C(O)c1ccccc1)N(C)C.CC(C(Oc1[c-]cc(C=O)cc1)c1ccccc1)N(C)C.CC(C(Oc1[c-]cc(CO)cc1)c1ccccc1)N(C)C.Cc1cc(COC(=O)Cc2ccc3nc(C4=N[C@@H](C(=O)O)CS4)sc3c2)ccc1OC(c1ccccc1)C(C)N(C)C.N#Cc1nc2ccc(CC(=O)Oc3ccc([N+](=O)[O-])cc3)cc2s1.O=C1[C-]=CC(=CO)C=C1.[2HH].[B].[B].[H-].[Na+].[Y].[Y].[Y]. The first-order valence-corrected chi connectivity index (χ1v) is 44.1. The first-order chi connectivity index (χ1) is 62.4. The number of fused-ring (bicyclic) bond motifs is 2. The van der Waals surface area contributed by atoms with E-state index in [1.807, 2.05) is 215 Å². The van der Waals surface area contributed by atoms with Crippen LogP contribution in [0.15, 0.2) is 272 Å². The number of hydrogen-bond acceptors (Lipinski definition) is 26. The van der Waals surface area contributed by atoms with Crippen molar-refractivity contribution < 1.29 is 204 Å². The van der Waals surface area contributed by atoms with Crippen LogP contribution in [-0.2, 0) is 148 Å². The average Bonchev–Trinajstić information content (AvgIpc) is 1.63. The van der Waals surface area contributed by atoms with Crippen LogP contribution in [0.4, 0.5) is 5.69 Å². The number of carbonyl (C=O) groups excluding carboxylic acids is 4. The van der Waals surface area contributed by atoms with Gasteiger partial charge in [0.15, 0.2) is 11.0 Å². The number of carboxylic acid groups (broad SMARTS) is 1. The number of ketones is 1. The monoisotopic (exact) mass is 2140 g/mol. The molecule has 12 aromatic rings. The number of ether oxygens (including phenoxy) is 5. The Hall–Kier alpha value is -8.74. The van der Waals surface area contributed by atoms with Gasteiger partial charge in [-0.15, -0.1) is 82.0 Å². The van der Waals surface area contributed by atoms with Crippen LogP contribution in [0, 0.1) is 46.6 Å². The third kappa shape index (κ3) is 39.7. The molecule has 4 N–H and O–H groups in total. The van der Waals surface area contributed by atoms with E-state index in [9.17, 15) is 44.3 Å². The van der Waals surface area contributed by atoms with Crippen LogP contribution in [0.25, 0.3) is 20.4 Å². The fourth-order valence-electron chi connectivity index (χ4n) is 12.6. The second kappa shape index (κ2) is 63.8. The summed E-state index contributed by atoms with van der Waals surface area (Å²) in [5.41, 5.74) is 11.2. The Morgan fingerprint density at radius 3 is 1.50 bits per heavy atom. The van der Waals surface area contributed by atoms with Gasteiger partial charge in [0.2, 0.25) is 0 Å². The number of aliphatic hydroxyl groups is 3. The number of benzene rings is 10. The molecular weight excluding hydrogens is 2030 g/mol. The summed E-state index contributed by atoms with van der Waals surface area (Å²) < 4.78 is 31.3. The molecule has 34 heteroatoms. The summed E-state index contributed by atoms with van der Waals surface area (Å²) in [6, 6.07) is 81.1. The largest absolute Gasteiger partial charge is 1.00 e. The van der Waals surface area contributed by atoms with Crippen LogP contribution in [0.2, 0.25) is 0 Å². The summed E-state index contributed by atoms with van der Waals surface area (Å²) in [6.45, 7) is 10.6. The molecule has 0 saturated heterocycles. The van der Waals surface area contributed by atoms with E-state index in [0.717, 1.165) is 83.3 Å². The quantitative estimate of drug-likeness (QED) is 0.00475. The summed E-state index contributed by atoms with van der Waals surface area (Å²) in [4.78, 5) is 88.4. The van der Waals surface area contributed by atoms with Gasteiger partial charge in [-0.1, -0.05) is 153 Å². The molecule has 703 valence electrons. The number of aldehydes is 1. The number of hydrogen-bond donors (Lipinski definition) is 4. The van der Waals surface area contributed by atoms with E-state index in [2.05, 4.69) is 105 Å². The van der Waals surface area contributed by atoms with Crippen molar-refractivity contribution >= 4 is 112 Å². The van der Waals surface area contributed by atoms with Gasteiger partial charge in [0.25, 0.3) is 5.69 Å². The molecule has 137 heavy (non-hydrogen) atoms. The first-order valence-electron chi connectivity index (χ1n) is 41.5. The molecule has 9 atom stereocenters. The number of nitriles is 1. The number of aromatic nitrogens is 2. The van der Waals surface area contributed by atoms with Crippen molar-refractivity contribution in [1.29, 1.82) is 5.26 Å². The maximum atomic E-state index is 12.7. The van der Waals surface area contributed by atoms with Crippen molar-refractivity contribution in [2.75, 3.05) is 62.1 Å². The average molecular weight is 2140 g/mol. The van der Waals surface area contributed by atoms with Crippen molar-refractivity contribution in [3.05, 3.63) is 361 Å². The summed E-state index contributed by atoms with van der Waals surface area (Å²) in [7, 11) is 16.2. The third-order valence-electron chi connectivity index (χ3n) is 21.0. The van der Waals surface area contributed by atoms with Gasteiger partial charge in [-0.3, -0.25) is 24.7 Å². The van der Waals surface area contributed by atoms with E-state index in [-0.39, 0.29) is 247 Å². The Morgan fingerprint density at radius 1 is 0.613 bits per heavy atom. The maximum Gasteiger partial charge on any atom is 1.00 e. The van der Waals surface area contributed by atoms with Crippen molar-refractivity contribution in [1.82, 2.24) is 29.6 Å². The number of carboxylic acids is 1. The van der Waals surface area contributed by atoms with Gasteiger partial charge in [0.1, 0.15) is 52.5 Å². The molecule has 25 nitrogen and oxygen atoms in total. The molecule has 0 amide bonds. The van der Waals surface area contributed by atoms with E-state index < -0.39 is 29.0 Å². The van der Waals surface area contributed by atoms with Crippen molar-refractivity contribution in [2.45, 2.75) is 123 Å². The summed E-state index contributed by atoms with van der Waals surface area (Å²) in [5, 5.41) is 57.7. The summed E-state index contributed by atoms with van der Waals surface area (Å²) >= 11 is 4.11. The molecule has 0 bridgehead atoms. The van der Waals surface area contributed by atoms with Gasteiger partial charge in [0.05, 0.1) is 56.4 Å². The topological polar surface area (TPSA) is 330 Å². The molecule has 3 heterocycles. The van der Waals surface area contributed by atoms with Crippen LogP contribution in [0.3, 0.4) is 0 Å². The van der Waals surface area contributed by atoms with Crippen LogP contribution >= 0.6 is 34.4 Å². The normalized spacial score (nSPS) is 13.9. The zero-order chi connectivity index (χ0) is 93.9. The summed E-state index contributed by atoms with van der Waals surface area (Å²) in [6.07, 6.45) is 7.92. The number of allylic oxidation sites excluding steroid dienone is 5. The standard InChI is InChI=1S/C32H33N3O5S2.C18H22NO2.C18H20NO2.C16H9N3O4S.C11H17NO.C7H5O2.CH4.2B.Na.3Y.H2.H/c1-19-14-22(11-13-26(19)40-29(20(2)35(3)4)23-8-6-5-7-9-23)17-39-28(36)16-21-10-12-24-27(15-21)42-31(33-24)30-34-25(18-41-30)32(37)38;2*1-14(19(2)3)18(16-7-5-4-6-8-16)21-17-11-9-15(13-20)10-12-17;17-9-15-18-13-6-1-10(7-14(13)24-15)8-16(20)23-12-4-2-11(3-5-12)19(21)22;1-9(12(2)3)11(13)10-7-5-4-6-8-10;8-5-6-1-3-7(9)4-2-6;;;;;;;;;/h5-15,20,25,29H,16-18H2,1-4H3,(H,37,38);4-11,14,18,20H,13H2,1-3H3;4-11,13-14,18H,1-3H3;1-7H,8H2;4-9,11,13H,1-3H3;1-3,5,8H;1H4;;;;;;;1H;/q;2*-1;;;-1;;;;+1;;;;;-1/t20?,25-,29?;;;;;;;;;;;;;;/m1............../s1/i;;;;;;;;;;;;;1+1;. The second-order valence-electron chi connectivity index (χ2n) is 31.2. The van der Waals surface area contributed by atoms with Crippen molar-refractivity contribution in [3.63, 3.8) is 0 Å². The van der Waals surface area contributed by atoms with E-state index >= 15 is 0 Å². The number of esters is 2. The number of aryl methyl sites for hydroxylation is 1. The Bertz CT molecular complexity index is 5890. The summed E-state index contributed by atoms with van der Waals surface area (Å²) in [5.74, 6) is 0.899. The molecule has 1 aliphatic carbocycles. The molecule has 0 fully saturated rings. The molecule has 8 unspecified atom stereocenters. The van der Waals surface area contributed by atoms with E-state index in [1.165, 1.54) is 76.9 Å². The number of aliphatic imine (C=N–C) groups is 1. The Kier molecular flexibility index (Phi) is 57.9. The van der Waals surface area contributed by atoms with E-state index in [4.69, 9.17) is 39.2 Å². The van der Waals surface area contributed by atoms with Gasteiger partial charge >= 0.3 is 47.5 Å². The first kappa shape index (κ1) is 124. The minimum absolute atomic E-state index is 0. The van der Waals surface area contributed by atoms with Gasteiger partial charge in [0, 0.05) is 183 Å². The number of nitrogens with zero attached hydrogens (tertiary/aromatic N) is 9. The molecule has 0 saturated carbocycles. The van der Waals surface area contributed by atoms with E-state index in [0.29, 0.717) is 49.0 Å². The number of thioether (sulfide) groups is 1. The van der Waals surface area contributed by atoms with Crippen molar-refractivity contribution in [2.24, 2.45) is 4.99 Å². The zero-order valence-electron chi connectivity index (χ0n) is 79.5. The second-order valence-corrected chi connectivity index (χ2v) is 34.2. The minimum Gasteiger partial charge on any atom is -1.00 e. The molecule has 9 radical (unpaired) electrons. The van der Waals surface area contributed by atoms with E-state index in [1.54, 1.807) is 42.5 Å². The number of likely N-dealkylation sites (N-methyl/N-ethyl adjacent to an activating group) is 4. The van der Waals surface area contributed by atoms with Crippen LogP contribution in [-0.4, -0.2) is 199 Å². The van der Waals surface area contributed by atoms with Crippen molar-refractivity contribution in [3.8, 4) is 29.1 Å². The van der Waals surface area contributed by atoms with Gasteiger partial charge in [-0.05, 0) is 184 Å². The minimum atomic E-state index is -0.926. The number of thiazole rings is 2. The molecule has 2 aliphatic rings. The molecule has 10 aromatic carbocycles. The fraction of sp³-hybridized carbons (Fsp3) is 0.272. The number of nitro groups is 1. The third-order valence-corrected chi connectivity index (χ3v) is 24.1. The maximum absolute atomic E-state index is 12.7. The number of carbonyl (C=O) groups is 5. The number of aliphatic carboxylic acids is 1.